The Morgan fingerprint density at radius 3 is 2.19 bits per heavy atom. The monoisotopic (exact) mass is 293 g/mol. The average Bonchev–Trinajstić information content (AvgIpc) is 3.27. The van der Waals surface area contributed by atoms with Crippen LogP contribution in [0.3, 0.4) is 0 Å². The van der Waals surface area contributed by atoms with Gasteiger partial charge in [0.2, 0.25) is 0 Å². The Hall–Kier alpha value is -1.91. The van der Waals surface area contributed by atoms with E-state index in [-0.39, 0.29) is 5.71 Å². The van der Waals surface area contributed by atoms with Crippen molar-refractivity contribution in [1.29, 1.82) is 0 Å². The normalized spacial score (nSPS) is 16.0. The number of aliphatic imine (C=N–C) groups is 2. The number of nitrogens with zero attached hydrogens (tertiary/aromatic N) is 2. The predicted octanol–water partition coefficient (Wildman–Crippen LogP) is 4.16. The highest BCUT2D eigenvalue weighted by Crippen LogP contribution is 2.28. The van der Waals surface area contributed by atoms with Crippen LogP contribution in [0.2, 0.25) is 0 Å². The highest BCUT2D eigenvalue weighted by molar-refractivity contribution is 6.15. The zero-order valence-corrected chi connectivity index (χ0v) is 11.9. The molecule has 0 heterocycles. The second-order valence-electron chi connectivity index (χ2n) is 4.74. The van der Waals surface area contributed by atoms with Gasteiger partial charge in [0.25, 0.3) is 0 Å². The maximum absolute atomic E-state index is 12.6. The zero-order valence-electron chi connectivity index (χ0n) is 11.9. The first-order chi connectivity index (χ1) is 9.93. The van der Waals surface area contributed by atoms with Crippen LogP contribution in [0.4, 0.5) is 13.2 Å². The number of halogens is 3. The van der Waals surface area contributed by atoms with Gasteiger partial charge in [-0.1, -0.05) is 37.3 Å². The number of hydrogen-bond donors (Lipinski definition) is 0. The fraction of sp³-hybridized carbons (Fsp3) is 0.312. The molecule has 0 fully saturated rings. The molecular formula is C16H16F3N2. The lowest BCUT2D eigenvalue weighted by molar-refractivity contribution is -0.121. The first kappa shape index (κ1) is 15.5. The van der Waals surface area contributed by atoms with E-state index in [9.17, 15) is 13.2 Å². The summed E-state index contributed by atoms with van der Waals surface area (Å²) in [4.78, 5) is 8.13. The molecule has 1 aliphatic carbocycles. The molecular weight excluding hydrogens is 277 g/mol. The third-order valence-corrected chi connectivity index (χ3v) is 3.11. The third kappa shape index (κ3) is 4.55. The van der Waals surface area contributed by atoms with Crippen LogP contribution in [-0.2, 0) is 6.42 Å². The van der Waals surface area contributed by atoms with Crippen LogP contribution < -0.4 is 0 Å². The van der Waals surface area contributed by atoms with Gasteiger partial charge in [-0.05, 0) is 17.6 Å². The zero-order chi connectivity index (χ0) is 15.5. The molecule has 0 bridgehead atoms. The van der Waals surface area contributed by atoms with Crippen molar-refractivity contribution in [3.8, 4) is 0 Å². The summed E-state index contributed by atoms with van der Waals surface area (Å²) in [5.74, 6) is 0.318. The molecule has 21 heavy (non-hydrogen) atoms. The van der Waals surface area contributed by atoms with Gasteiger partial charge in [-0.3, -0.25) is 4.99 Å². The number of benzene rings is 1. The molecule has 0 amide bonds. The Morgan fingerprint density at radius 1 is 1.14 bits per heavy atom. The molecule has 2 rings (SSSR count). The van der Waals surface area contributed by atoms with E-state index < -0.39 is 12.6 Å². The second kappa shape index (κ2) is 6.24. The number of rotatable bonds is 4. The Balaban J connectivity index is 2.26. The highest BCUT2D eigenvalue weighted by Gasteiger charge is 2.33. The van der Waals surface area contributed by atoms with Crippen LogP contribution in [0, 0.1) is 6.42 Å². The summed E-state index contributed by atoms with van der Waals surface area (Å²) < 4.78 is 37.8. The molecule has 2 nitrogen and oxygen atoms in total. The lowest BCUT2D eigenvalue weighted by Gasteiger charge is -2.09. The van der Waals surface area contributed by atoms with Gasteiger partial charge in [-0.25, -0.2) is 4.99 Å². The second-order valence-corrected chi connectivity index (χ2v) is 4.74. The standard InChI is InChI=1S/C16H16F3N2/c1-3-11-4-6-13(7-5-11)15(20-2)21-14(12-8-9-12)10-16(17,18)19/h4-9H,3,10H2,1-2H3. The minimum atomic E-state index is -4.28. The van der Waals surface area contributed by atoms with E-state index in [0.29, 0.717) is 11.4 Å². The molecule has 0 aromatic heterocycles. The van der Waals surface area contributed by atoms with E-state index in [4.69, 9.17) is 0 Å². The van der Waals surface area contributed by atoms with Crippen molar-refractivity contribution < 1.29 is 13.2 Å². The molecule has 1 aromatic rings. The summed E-state index contributed by atoms with van der Waals surface area (Å²) in [5, 5.41) is 0. The fourth-order valence-corrected chi connectivity index (χ4v) is 1.89. The molecule has 0 spiro atoms. The Bertz CT molecular complexity index is 593. The van der Waals surface area contributed by atoms with Crippen LogP contribution in [0.15, 0.2) is 45.9 Å². The van der Waals surface area contributed by atoms with Gasteiger partial charge in [0.1, 0.15) is 0 Å². The van der Waals surface area contributed by atoms with Gasteiger partial charge in [0.05, 0.1) is 12.1 Å². The largest absolute Gasteiger partial charge is 0.394 e. The van der Waals surface area contributed by atoms with Crippen molar-refractivity contribution in [3.63, 3.8) is 0 Å². The van der Waals surface area contributed by atoms with Crippen LogP contribution in [0.5, 0.6) is 0 Å². The quantitative estimate of drug-likeness (QED) is 0.588. The molecule has 0 saturated carbocycles. The number of allylic oxidation sites excluding steroid dienone is 2. The summed E-state index contributed by atoms with van der Waals surface area (Å²) in [7, 11) is 1.53. The maximum atomic E-state index is 12.6. The maximum Gasteiger partial charge on any atom is 0.394 e. The molecule has 0 saturated heterocycles. The van der Waals surface area contributed by atoms with Crippen LogP contribution >= 0.6 is 0 Å². The molecule has 1 aromatic carbocycles. The number of alkyl halides is 3. The molecule has 0 unspecified atom stereocenters. The molecule has 1 aliphatic rings. The molecule has 5 heteroatoms. The Kier molecular flexibility index (Phi) is 4.60. The van der Waals surface area contributed by atoms with Crippen molar-refractivity contribution in [2.75, 3.05) is 7.05 Å². The summed E-state index contributed by atoms with van der Waals surface area (Å²) in [6.07, 6.45) is -1.16. The van der Waals surface area contributed by atoms with E-state index in [1.165, 1.54) is 7.05 Å². The Labute approximate surface area is 122 Å². The van der Waals surface area contributed by atoms with Gasteiger partial charge in [-0.15, -0.1) is 0 Å². The lowest BCUT2D eigenvalue weighted by atomic mass is 10.1. The summed E-state index contributed by atoms with van der Waals surface area (Å²) >= 11 is 0. The van der Waals surface area contributed by atoms with E-state index in [0.717, 1.165) is 17.5 Å². The molecule has 0 atom stereocenters. The smallest absolute Gasteiger partial charge is 0.270 e. The average molecular weight is 293 g/mol. The van der Waals surface area contributed by atoms with E-state index in [1.807, 2.05) is 31.2 Å². The number of amidine groups is 1. The van der Waals surface area contributed by atoms with Gasteiger partial charge in [0, 0.05) is 19.0 Å². The van der Waals surface area contributed by atoms with E-state index >= 15 is 0 Å². The van der Waals surface area contributed by atoms with Crippen molar-refractivity contribution >= 4 is 11.5 Å². The third-order valence-electron chi connectivity index (χ3n) is 3.11. The SMILES string of the molecule is CCc1ccc(C(N=C(CC(F)(F)F)C2=C[CH]2)=NC)cc1. The minimum absolute atomic E-state index is 0.0164. The van der Waals surface area contributed by atoms with Crippen molar-refractivity contribution in [2.24, 2.45) is 9.98 Å². The first-order valence-electron chi connectivity index (χ1n) is 6.68. The Morgan fingerprint density at radius 2 is 1.76 bits per heavy atom. The van der Waals surface area contributed by atoms with E-state index in [1.54, 1.807) is 12.5 Å². The number of hydrogen-bond acceptors (Lipinski definition) is 1. The van der Waals surface area contributed by atoms with Crippen molar-refractivity contribution in [3.05, 3.63) is 53.5 Å². The predicted molar refractivity (Wildman–Crippen MR) is 78.8 cm³/mol. The van der Waals surface area contributed by atoms with Gasteiger partial charge in [0.15, 0.2) is 5.84 Å². The topological polar surface area (TPSA) is 24.7 Å². The van der Waals surface area contributed by atoms with Gasteiger partial charge >= 0.3 is 6.18 Å². The molecule has 0 N–H and O–H groups in total. The summed E-state index contributed by atoms with van der Waals surface area (Å²) in [5.41, 5.74) is 2.43. The van der Waals surface area contributed by atoms with Gasteiger partial charge < -0.3 is 0 Å². The summed E-state index contributed by atoms with van der Waals surface area (Å²) in [6.45, 7) is 2.04. The summed E-state index contributed by atoms with van der Waals surface area (Å²) in [6, 6.07) is 7.53. The van der Waals surface area contributed by atoms with Crippen molar-refractivity contribution in [2.45, 2.75) is 25.9 Å². The highest BCUT2D eigenvalue weighted by atomic mass is 19.4. The lowest BCUT2D eigenvalue weighted by Crippen LogP contribution is -2.16. The number of aryl methyl sites for hydroxylation is 1. The molecule has 1 radical (unpaired) electrons. The molecule has 111 valence electrons. The van der Waals surface area contributed by atoms with E-state index in [2.05, 4.69) is 9.98 Å². The van der Waals surface area contributed by atoms with Crippen LogP contribution in [-0.4, -0.2) is 24.8 Å². The van der Waals surface area contributed by atoms with Crippen LogP contribution in [0.25, 0.3) is 0 Å². The first-order valence-corrected chi connectivity index (χ1v) is 6.68. The minimum Gasteiger partial charge on any atom is -0.270 e. The van der Waals surface area contributed by atoms with Crippen molar-refractivity contribution in [1.82, 2.24) is 0 Å². The fourth-order valence-electron chi connectivity index (χ4n) is 1.89. The van der Waals surface area contributed by atoms with Gasteiger partial charge in [-0.2, -0.15) is 13.2 Å². The molecule has 0 aliphatic heterocycles. The van der Waals surface area contributed by atoms with Crippen LogP contribution in [0.1, 0.15) is 24.5 Å².